The molecule has 2 heterocycles. The SMILES string of the molecule is CCCCCc1c(-c2ccsc2)c(C(N)=O)c(C)n1CCC(C)C. The van der Waals surface area contributed by atoms with E-state index < -0.39 is 0 Å². The topological polar surface area (TPSA) is 48.0 Å². The molecule has 0 spiro atoms. The fourth-order valence-corrected chi connectivity index (χ4v) is 3.96. The molecule has 0 unspecified atom stereocenters. The number of hydrogen-bond acceptors (Lipinski definition) is 2. The molecule has 0 bridgehead atoms. The van der Waals surface area contributed by atoms with E-state index in [4.69, 9.17) is 5.73 Å². The van der Waals surface area contributed by atoms with Crippen molar-refractivity contribution in [2.75, 3.05) is 0 Å². The van der Waals surface area contributed by atoms with Gasteiger partial charge in [0.2, 0.25) is 0 Å². The van der Waals surface area contributed by atoms with Crippen LogP contribution in [0.25, 0.3) is 11.1 Å². The summed E-state index contributed by atoms with van der Waals surface area (Å²) in [7, 11) is 0. The summed E-state index contributed by atoms with van der Waals surface area (Å²) >= 11 is 1.66. The first-order valence-corrected chi connectivity index (χ1v) is 9.95. The highest BCUT2D eigenvalue weighted by molar-refractivity contribution is 7.08. The molecule has 0 aromatic carbocycles. The average molecular weight is 347 g/mol. The van der Waals surface area contributed by atoms with Crippen LogP contribution in [0.3, 0.4) is 0 Å². The van der Waals surface area contributed by atoms with Gasteiger partial charge >= 0.3 is 0 Å². The van der Waals surface area contributed by atoms with E-state index in [-0.39, 0.29) is 5.91 Å². The molecule has 0 saturated carbocycles. The van der Waals surface area contributed by atoms with E-state index >= 15 is 0 Å². The third kappa shape index (κ3) is 4.10. The maximum absolute atomic E-state index is 12.2. The average Bonchev–Trinajstić information content (AvgIpc) is 3.12. The van der Waals surface area contributed by atoms with Gasteiger partial charge in [-0.25, -0.2) is 0 Å². The molecule has 0 radical (unpaired) electrons. The number of amides is 1. The molecule has 3 nitrogen and oxygen atoms in total. The van der Waals surface area contributed by atoms with Crippen molar-refractivity contribution < 1.29 is 4.79 Å². The second kappa shape index (κ2) is 8.52. The first-order chi connectivity index (χ1) is 11.5. The Morgan fingerprint density at radius 2 is 2.08 bits per heavy atom. The molecular weight excluding hydrogens is 316 g/mol. The first kappa shape index (κ1) is 18.8. The first-order valence-electron chi connectivity index (χ1n) is 9.01. The number of rotatable bonds is 9. The lowest BCUT2D eigenvalue weighted by molar-refractivity contribution is 0.1000. The van der Waals surface area contributed by atoms with Crippen LogP contribution in [0.1, 0.15) is 68.2 Å². The van der Waals surface area contributed by atoms with Crippen molar-refractivity contribution in [1.82, 2.24) is 4.57 Å². The van der Waals surface area contributed by atoms with Gasteiger partial charge in [0, 0.05) is 23.5 Å². The van der Waals surface area contributed by atoms with E-state index in [1.54, 1.807) is 11.3 Å². The summed E-state index contributed by atoms with van der Waals surface area (Å²) in [5.74, 6) is 0.325. The van der Waals surface area contributed by atoms with Gasteiger partial charge in [0.15, 0.2) is 0 Å². The second-order valence-electron chi connectivity index (χ2n) is 6.95. The summed E-state index contributed by atoms with van der Waals surface area (Å²) in [5.41, 5.74) is 11.0. The van der Waals surface area contributed by atoms with Gasteiger partial charge in [-0.2, -0.15) is 11.3 Å². The summed E-state index contributed by atoms with van der Waals surface area (Å²) in [6, 6.07) is 2.10. The van der Waals surface area contributed by atoms with E-state index in [9.17, 15) is 4.79 Å². The van der Waals surface area contributed by atoms with E-state index in [0.717, 1.165) is 42.6 Å². The van der Waals surface area contributed by atoms with Gasteiger partial charge in [-0.1, -0.05) is 33.6 Å². The molecule has 2 aromatic rings. The van der Waals surface area contributed by atoms with E-state index in [1.165, 1.54) is 18.5 Å². The van der Waals surface area contributed by atoms with Gasteiger partial charge in [-0.15, -0.1) is 0 Å². The van der Waals surface area contributed by atoms with Crippen molar-refractivity contribution in [3.05, 3.63) is 33.8 Å². The highest BCUT2D eigenvalue weighted by Crippen LogP contribution is 2.35. The van der Waals surface area contributed by atoms with Crippen LogP contribution in [0.15, 0.2) is 16.8 Å². The molecule has 24 heavy (non-hydrogen) atoms. The van der Waals surface area contributed by atoms with Gasteiger partial charge in [0.1, 0.15) is 0 Å². The van der Waals surface area contributed by atoms with Gasteiger partial charge in [0.25, 0.3) is 5.91 Å². The van der Waals surface area contributed by atoms with Crippen LogP contribution in [0.5, 0.6) is 0 Å². The van der Waals surface area contributed by atoms with Crippen molar-refractivity contribution >= 4 is 17.2 Å². The third-order valence-corrected chi connectivity index (χ3v) is 5.32. The third-order valence-electron chi connectivity index (χ3n) is 4.63. The minimum absolute atomic E-state index is 0.311. The van der Waals surface area contributed by atoms with Crippen LogP contribution in [-0.4, -0.2) is 10.5 Å². The lowest BCUT2D eigenvalue weighted by atomic mass is 9.99. The minimum atomic E-state index is -0.311. The molecule has 0 saturated heterocycles. The van der Waals surface area contributed by atoms with Gasteiger partial charge < -0.3 is 10.3 Å². The van der Waals surface area contributed by atoms with Crippen molar-refractivity contribution in [3.63, 3.8) is 0 Å². The quantitative estimate of drug-likeness (QED) is 0.607. The molecule has 132 valence electrons. The van der Waals surface area contributed by atoms with Crippen LogP contribution in [0.2, 0.25) is 0 Å². The molecule has 0 atom stereocenters. The Morgan fingerprint density at radius 1 is 1.33 bits per heavy atom. The predicted octanol–water partition coefficient (Wildman–Crippen LogP) is 5.40. The van der Waals surface area contributed by atoms with Gasteiger partial charge in [0.05, 0.1) is 5.56 Å². The monoisotopic (exact) mass is 346 g/mol. The Kier molecular flexibility index (Phi) is 6.67. The van der Waals surface area contributed by atoms with Crippen molar-refractivity contribution in [2.45, 2.75) is 66.3 Å². The van der Waals surface area contributed by atoms with Crippen molar-refractivity contribution in [1.29, 1.82) is 0 Å². The summed E-state index contributed by atoms with van der Waals surface area (Å²) in [6.07, 6.45) is 5.67. The van der Waals surface area contributed by atoms with E-state index in [1.807, 2.05) is 6.92 Å². The number of carbonyl (C=O) groups is 1. The highest BCUT2D eigenvalue weighted by Gasteiger charge is 2.24. The lowest BCUT2D eigenvalue weighted by Crippen LogP contribution is -2.13. The smallest absolute Gasteiger partial charge is 0.251 e. The van der Waals surface area contributed by atoms with E-state index in [0.29, 0.717) is 11.5 Å². The maximum atomic E-state index is 12.2. The maximum Gasteiger partial charge on any atom is 0.251 e. The molecule has 2 rings (SSSR count). The number of nitrogens with two attached hydrogens (primary N) is 1. The Morgan fingerprint density at radius 3 is 2.62 bits per heavy atom. The zero-order valence-corrected chi connectivity index (χ0v) is 16.2. The predicted molar refractivity (Wildman–Crippen MR) is 104 cm³/mol. The van der Waals surface area contributed by atoms with E-state index in [2.05, 4.69) is 42.2 Å². The molecule has 4 heteroatoms. The van der Waals surface area contributed by atoms with Gasteiger partial charge in [-0.05, 0) is 54.5 Å². The number of carbonyl (C=O) groups excluding carboxylic acids is 1. The standard InChI is InChI=1S/C20H30N2OS/c1-5-6-7-8-17-19(16-10-12-24-13-16)18(20(21)23)15(4)22(17)11-9-14(2)3/h10,12-14H,5-9,11H2,1-4H3,(H2,21,23). The Labute approximate surface area is 149 Å². The van der Waals surface area contributed by atoms with Crippen LogP contribution >= 0.6 is 11.3 Å². The van der Waals surface area contributed by atoms with Crippen LogP contribution in [-0.2, 0) is 13.0 Å². The Bertz CT molecular complexity index is 668. The van der Waals surface area contributed by atoms with Crippen molar-refractivity contribution in [2.24, 2.45) is 11.7 Å². The zero-order valence-electron chi connectivity index (χ0n) is 15.4. The number of hydrogen-bond donors (Lipinski definition) is 1. The minimum Gasteiger partial charge on any atom is -0.366 e. The molecule has 0 aliphatic rings. The van der Waals surface area contributed by atoms with Crippen molar-refractivity contribution in [3.8, 4) is 11.1 Å². The normalized spacial score (nSPS) is 11.4. The fourth-order valence-electron chi connectivity index (χ4n) is 3.31. The number of primary amides is 1. The number of aromatic nitrogens is 1. The summed E-state index contributed by atoms with van der Waals surface area (Å²) < 4.78 is 2.35. The molecule has 0 aliphatic heterocycles. The Hall–Kier alpha value is -1.55. The number of thiophene rings is 1. The fraction of sp³-hybridized carbons (Fsp3) is 0.550. The Balaban J connectivity index is 2.55. The van der Waals surface area contributed by atoms with Crippen LogP contribution < -0.4 is 5.73 Å². The molecule has 1 amide bonds. The highest BCUT2D eigenvalue weighted by atomic mass is 32.1. The summed E-state index contributed by atoms with van der Waals surface area (Å²) in [6.45, 7) is 9.70. The number of nitrogens with zero attached hydrogens (tertiary/aromatic N) is 1. The lowest BCUT2D eigenvalue weighted by Gasteiger charge is -2.14. The largest absolute Gasteiger partial charge is 0.366 e. The number of unbranched alkanes of at least 4 members (excludes halogenated alkanes) is 2. The van der Waals surface area contributed by atoms with Gasteiger partial charge in [-0.3, -0.25) is 4.79 Å². The molecule has 0 fully saturated rings. The summed E-state index contributed by atoms with van der Waals surface area (Å²) in [4.78, 5) is 12.2. The molecular formula is C20H30N2OS. The zero-order chi connectivity index (χ0) is 17.7. The molecule has 0 aliphatic carbocycles. The summed E-state index contributed by atoms with van der Waals surface area (Å²) in [5, 5.41) is 4.19. The molecule has 2 N–H and O–H groups in total. The van der Waals surface area contributed by atoms with Crippen LogP contribution in [0.4, 0.5) is 0 Å². The van der Waals surface area contributed by atoms with Crippen LogP contribution in [0, 0.1) is 12.8 Å². The molecule has 2 aromatic heterocycles. The second-order valence-corrected chi connectivity index (χ2v) is 7.73.